The fourth-order valence-electron chi connectivity index (χ4n) is 2.62. The molecule has 1 N–H and O–H groups in total. The summed E-state index contributed by atoms with van der Waals surface area (Å²) in [4.78, 5) is 13.7. The average molecular weight is 240 g/mol. The van der Waals surface area contributed by atoms with E-state index in [2.05, 4.69) is 5.32 Å². The highest BCUT2D eigenvalue weighted by Crippen LogP contribution is 2.13. The molecule has 98 valence electrons. The van der Waals surface area contributed by atoms with Crippen LogP contribution in [-0.4, -0.2) is 43.8 Å². The molecule has 0 aromatic rings. The Morgan fingerprint density at radius 2 is 2.00 bits per heavy atom. The second-order valence-electron chi connectivity index (χ2n) is 5.16. The zero-order chi connectivity index (χ0) is 11.9. The molecule has 0 radical (unpaired) electrons. The number of nitrogens with one attached hydrogen (secondary N) is 1. The van der Waals surface area contributed by atoms with Gasteiger partial charge in [-0.2, -0.15) is 0 Å². The lowest BCUT2D eigenvalue weighted by atomic mass is 10.1. The van der Waals surface area contributed by atoms with Crippen LogP contribution < -0.4 is 5.32 Å². The van der Waals surface area contributed by atoms with Gasteiger partial charge in [0, 0.05) is 13.1 Å². The normalized spacial score (nSPS) is 25.6. The van der Waals surface area contributed by atoms with Gasteiger partial charge in [-0.3, -0.25) is 0 Å². The summed E-state index contributed by atoms with van der Waals surface area (Å²) in [5.41, 5.74) is 0. The van der Waals surface area contributed by atoms with Gasteiger partial charge in [-0.1, -0.05) is 12.8 Å². The largest absolute Gasteiger partial charge is 0.449 e. The Morgan fingerprint density at radius 3 is 2.65 bits per heavy atom. The van der Waals surface area contributed by atoms with Crippen LogP contribution in [0.1, 0.15) is 38.5 Å². The van der Waals surface area contributed by atoms with Crippen LogP contribution in [-0.2, 0) is 4.74 Å². The van der Waals surface area contributed by atoms with Crippen LogP contribution in [0.15, 0.2) is 0 Å². The molecule has 0 aromatic heterocycles. The van der Waals surface area contributed by atoms with Crippen LogP contribution in [0.4, 0.5) is 4.79 Å². The molecule has 1 amide bonds. The maximum atomic E-state index is 11.8. The van der Waals surface area contributed by atoms with E-state index in [-0.39, 0.29) is 6.09 Å². The van der Waals surface area contributed by atoms with Crippen LogP contribution in [0.5, 0.6) is 0 Å². The van der Waals surface area contributed by atoms with Gasteiger partial charge < -0.3 is 15.0 Å². The second kappa shape index (κ2) is 6.84. The van der Waals surface area contributed by atoms with E-state index in [1.807, 2.05) is 4.90 Å². The van der Waals surface area contributed by atoms with E-state index in [0.717, 1.165) is 45.4 Å². The van der Waals surface area contributed by atoms with Crippen LogP contribution in [0.3, 0.4) is 0 Å². The minimum Gasteiger partial charge on any atom is -0.449 e. The maximum Gasteiger partial charge on any atom is 0.409 e. The molecule has 0 aromatic carbocycles. The lowest BCUT2D eigenvalue weighted by molar-refractivity contribution is 0.0987. The van der Waals surface area contributed by atoms with Crippen molar-refractivity contribution in [3.8, 4) is 0 Å². The van der Waals surface area contributed by atoms with Gasteiger partial charge in [-0.05, 0) is 44.7 Å². The van der Waals surface area contributed by atoms with Crippen LogP contribution in [0.25, 0.3) is 0 Å². The summed E-state index contributed by atoms with van der Waals surface area (Å²) in [6.45, 7) is 4.54. The number of hydrogen-bond donors (Lipinski definition) is 1. The maximum absolute atomic E-state index is 11.8. The number of hydrogen-bond acceptors (Lipinski definition) is 3. The first-order valence-electron chi connectivity index (χ1n) is 6.98. The summed E-state index contributed by atoms with van der Waals surface area (Å²) in [6.07, 6.45) is 6.88. The molecule has 17 heavy (non-hydrogen) atoms. The van der Waals surface area contributed by atoms with Crippen molar-refractivity contribution in [3.05, 3.63) is 0 Å². The Labute approximate surface area is 104 Å². The molecule has 0 bridgehead atoms. The molecule has 1 unspecified atom stereocenters. The zero-order valence-corrected chi connectivity index (χ0v) is 10.6. The zero-order valence-electron chi connectivity index (χ0n) is 10.6. The molecule has 1 atom stereocenters. The van der Waals surface area contributed by atoms with E-state index in [0.29, 0.717) is 12.5 Å². The lowest BCUT2D eigenvalue weighted by Crippen LogP contribution is -2.32. The van der Waals surface area contributed by atoms with Crippen molar-refractivity contribution in [2.45, 2.75) is 38.5 Å². The van der Waals surface area contributed by atoms with Crippen LogP contribution in [0, 0.1) is 5.92 Å². The predicted molar refractivity (Wildman–Crippen MR) is 67.0 cm³/mol. The van der Waals surface area contributed by atoms with Crippen molar-refractivity contribution in [2.24, 2.45) is 5.92 Å². The highest BCUT2D eigenvalue weighted by atomic mass is 16.6. The van der Waals surface area contributed by atoms with Crippen molar-refractivity contribution in [2.75, 3.05) is 32.8 Å². The van der Waals surface area contributed by atoms with E-state index < -0.39 is 0 Å². The fourth-order valence-corrected chi connectivity index (χ4v) is 2.62. The fraction of sp³-hybridized carbons (Fsp3) is 0.923. The Balaban J connectivity index is 1.61. The number of rotatable bonds is 3. The summed E-state index contributed by atoms with van der Waals surface area (Å²) < 4.78 is 5.36. The third-order valence-corrected chi connectivity index (χ3v) is 3.78. The van der Waals surface area contributed by atoms with E-state index in [4.69, 9.17) is 4.74 Å². The minimum atomic E-state index is -0.0992. The molecule has 2 fully saturated rings. The van der Waals surface area contributed by atoms with Gasteiger partial charge in [0.1, 0.15) is 0 Å². The van der Waals surface area contributed by atoms with Crippen molar-refractivity contribution in [1.29, 1.82) is 0 Å². The quantitative estimate of drug-likeness (QED) is 0.820. The molecular formula is C13H24N2O2. The third kappa shape index (κ3) is 4.19. The summed E-state index contributed by atoms with van der Waals surface area (Å²) >= 11 is 0. The molecule has 4 nitrogen and oxygen atoms in total. The summed E-state index contributed by atoms with van der Waals surface area (Å²) in [6, 6.07) is 0. The molecular weight excluding hydrogens is 216 g/mol. The van der Waals surface area contributed by atoms with E-state index >= 15 is 0 Å². The summed E-state index contributed by atoms with van der Waals surface area (Å²) in [7, 11) is 0. The SMILES string of the molecule is O=C(OCCC1CCNC1)N1CCCCCC1. The highest BCUT2D eigenvalue weighted by molar-refractivity contribution is 5.67. The van der Waals surface area contributed by atoms with Crippen molar-refractivity contribution in [3.63, 3.8) is 0 Å². The molecule has 2 rings (SSSR count). The van der Waals surface area contributed by atoms with Gasteiger partial charge in [-0.25, -0.2) is 4.79 Å². The molecule has 2 aliphatic heterocycles. The monoisotopic (exact) mass is 240 g/mol. The topological polar surface area (TPSA) is 41.6 Å². The Morgan fingerprint density at radius 1 is 1.24 bits per heavy atom. The van der Waals surface area contributed by atoms with E-state index in [1.54, 1.807) is 0 Å². The second-order valence-corrected chi connectivity index (χ2v) is 5.16. The molecule has 0 saturated carbocycles. The molecule has 2 aliphatic rings. The van der Waals surface area contributed by atoms with Crippen LogP contribution in [0.2, 0.25) is 0 Å². The van der Waals surface area contributed by atoms with E-state index in [1.165, 1.54) is 19.3 Å². The lowest BCUT2D eigenvalue weighted by Gasteiger charge is -2.20. The Bertz CT molecular complexity index is 232. The number of likely N-dealkylation sites (tertiary alicyclic amines) is 1. The van der Waals surface area contributed by atoms with Crippen molar-refractivity contribution in [1.82, 2.24) is 10.2 Å². The Kier molecular flexibility index (Phi) is 5.10. The van der Waals surface area contributed by atoms with Crippen molar-refractivity contribution < 1.29 is 9.53 Å². The average Bonchev–Trinajstić information content (AvgIpc) is 2.69. The van der Waals surface area contributed by atoms with Gasteiger partial charge in [0.2, 0.25) is 0 Å². The molecule has 0 aliphatic carbocycles. The highest BCUT2D eigenvalue weighted by Gasteiger charge is 2.18. The third-order valence-electron chi connectivity index (χ3n) is 3.78. The van der Waals surface area contributed by atoms with Gasteiger partial charge >= 0.3 is 6.09 Å². The van der Waals surface area contributed by atoms with Gasteiger partial charge in [0.15, 0.2) is 0 Å². The van der Waals surface area contributed by atoms with Crippen LogP contribution >= 0.6 is 0 Å². The van der Waals surface area contributed by atoms with Crippen molar-refractivity contribution >= 4 is 6.09 Å². The van der Waals surface area contributed by atoms with Gasteiger partial charge in [0.25, 0.3) is 0 Å². The smallest absolute Gasteiger partial charge is 0.409 e. The number of carbonyl (C=O) groups is 1. The predicted octanol–water partition coefficient (Wildman–Crippen LogP) is 2.00. The van der Waals surface area contributed by atoms with Gasteiger partial charge in [0.05, 0.1) is 6.61 Å². The standard InChI is InChI=1S/C13H24N2O2/c16-13(15-8-3-1-2-4-9-15)17-10-6-12-5-7-14-11-12/h12,14H,1-11H2. The van der Waals surface area contributed by atoms with Gasteiger partial charge in [-0.15, -0.1) is 0 Å². The number of nitrogens with zero attached hydrogens (tertiary/aromatic N) is 1. The first-order valence-corrected chi connectivity index (χ1v) is 6.98. The van der Waals surface area contributed by atoms with E-state index in [9.17, 15) is 4.79 Å². The number of amides is 1. The molecule has 4 heteroatoms. The number of carbonyl (C=O) groups excluding carboxylic acids is 1. The number of ether oxygens (including phenoxy) is 1. The summed E-state index contributed by atoms with van der Waals surface area (Å²) in [5.74, 6) is 0.701. The summed E-state index contributed by atoms with van der Waals surface area (Å²) in [5, 5.41) is 3.33. The first-order chi connectivity index (χ1) is 8.36. The minimum absolute atomic E-state index is 0.0992. The molecule has 2 heterocycles. The Hall–Kier alpha value is -0.770. The molecule has 0 spiro atoms. The first kappa shape index (κ1) is 12.7. The molecule has 2 saturated heterocycles.